The van der Waals surface area contributed by atoms with Crippen LogP contribution in [0.5, 0.6) is 0 Å². The Morgan fingerprint density at radius 3 is 2.37 bits per heavy atom. The maximum absolute atomic E-state index is 12.8. The SMILES string of the molecule is O=C(Nc1ccc(Nc2cc(-c3cccc4c3oc3ccccc34)ncn2)cc1)c1ccc(N2CCOCC2)cc1. The van der Waals surface area contributed by atoms with Gasteiger partial charge in [-0.05, 0) is 60.7 Å². The molecule has 2 N–H and O–H groups in total. The van der Waals surface area contributed by atoms with Crippen molar-refractivity contribution in [3.63, 3.8) is 0 Å². The van der Waals surface area contributed by atoms with Crippen molar-refractivity contribution in [2.75, 3.05) is 41.8 Å². The lowest BCUT2D eigenvalue weighted by Gasteiger charge is -2.28. The van der Waals surface area contributed by atoms with Gasteiger partial charge in [0.05, 0.1) is 18.9 Å². The van der Waals surface area contributed by atoms with Crippen LogP contribution in [0.2, 0.25) is 0 Å². The molecule has 1 saturated heterocycles. The monoisotopic (exact) mass is 541 g/mol. The zero-order valence-electron chi connectivity index (χ0n) is 22.2. The number of nitrogens with zero attached hydrogens (tertiary/aromatic N) is 3. The molecule has 8 heteroatoms. The number of para-hydroxylation sites is 2. The molecule has 0 radical (unpaired) electrons. The summed E-state index contributed by atoms with van der Waals surface area (Å²) in [7, 11) is 0. The Bertz CT molecular complexity index is 1840. The van der Waals surface area contributed by atoms with E-state index in [1.807, 2.05) is 84.9 Å². The van der Waals surface area contributed by atoms with E-state index >= 15 is 0 Å². The van der Waals surface area contributed by atoms with Crippen LogP contribution in [0, 0.1) is 0 Å². The minimum atomic E-state index is -0.153. The lowest BCUT2D eigenvalue weighted by atomic mass is 10.1. The second kappa shape index (κ2) is 10.7. The van der Waals surface area contributed by atoms with Gasteiger partial charge in [0.1, 0.15) is 23.3 Å². The maximum Gasteiger partial charge on any atom is 0.255 e. The fourth-order valence-electron chi connectivity index (χ4n) is 5.16. The smallest absolute Gasteiger partial charge is 0.255 e. The second-order valence-electron chi connectivity index (χ2n) is 9.87. The Kier molecular flexibility index (Phi) is 6.50. The first-order valence-electron chi connectivity index (χ1n) is 13.6. The number of nitrogens with one attached hydrogen (secondary N) is 2. The maximum atomic E-state index is 12.8. The number of carbonyl (C=O) groups is 1. The summed E-state index contributed by atoms with van der Waals surface area (Å²) in [6.45, 7) is 3.17. The number of anilines is 4. The van der Waals surface area contributed by atoms with Crippen molar-refractivity contribution in [2.45, 2.75) is 0 Å². The van der Waals surface area contributed by atoms with Gasteiger partial charge in [-0.1, -0.05) is 30.3 Å². The number of furan rings is 1. The van der Waals surface area contributed by atoms with Gasteiger partial charge in [-0.15, -0.1) is 0 Å². The molecule has 202 valence electrons. The van der Waals surface area contributed by atoms with Crippen LogP contribution in [0.3, 0.4) is 0 Å². The molecule has 0 spiro atoms. The van der Waals surface area contributed by atoms with E-state index in [2.05, 4.69) is 37.6 Å². The molecule has 1 aliphatic heterocycles. The van der Waals surface area contributed by atoms with Crippen LogP contribution in [-0.2, 0) is 4.74 Å². The molecule has 6 aromatic rings. The molecule has 7 rings (SSSR count). The largest absolute Gasteiger partial charge is 0.455 e. The van der Waals surface area contributed by atoms with Crippen molar-refractivity contribution < 1.29 is 13.9 Å². The second-order valence-corrected chi connectivity index (χ2v) is 9.87. The van der Waals surface area contributed by atoms with E-state index in [-0.39, 0.29) is 5.91 Å². The summed E-state index contributed by atoms with van der Waals surface area (Å²) in [5.74, 6) is 0.500. The van der Waals surface area contributed by atoms with Gasteiger partial charge in [0.25, 0.3) is 5.91 Å². The first-order chi connectivity index (χ1) is 20.2. The number of rotatable bonds is 6. The van der Waals surface area contributed by atoms with Crippen LogP contribution in [0.15, 0.2) is 108 Å². The van der Waals surface area contributed by atoms with Gasteiger partial charge < -0.3 is 24.7 Å². The summed E-state index contributed by atoms with van der Waals surface area (Å²) in [4.78, 5) is 24.0. The number of hydrogen-bond donors (Lipinski definition) is 2. The molecule has 0 saturated carbocycles. The van der Waals surface area contributed by atoms with E-state index < -0.39 is 0 Å². The Morgan fingerprint density at radius 1 is 0.780 bits per heavy atom. The molecule has 0 bridgehead atoms. The first-order valence-corrected chi connectivity index (χ1v) is 13.6. The van der Waals surface area contributed by atoms with Crippen LogP contribution in [-0.4, -0.2) is 42.2 Å². The number of fused-ring (bicyclic) bond motifs is 3. The zero-order chi connectivity index (χ0) is 27.6. The van der Waals surface area contributed by atoms with Crippen molar-refractivity contribution >= 4 is 50.7 Å². The molecule has 1 amide bonds. The number of ether oxygens (including phenoxy) is 1. The van der Waals surface area contributed by atoms with Gasteiger partial charge in [0.2, 0.25) is 0 Å². The molecule has 2 aromatic heterocycles. The molecule has 0 atom stereocenters. The molecule has 4 aromatic carbocycles. The Labute approximate surface area is 236 Å². The number of carbonyl (C=O) groups excluding carboxylic acids is 1. The molecule has 8 nitrogen and oxygen atoms in total. The van der Waals surface area contributed by atoms with Gasteiger partial charge >= 0.3 is 0 Å². The summed E-state index contributed by atoms with van der Waals surface area (Å²) in [5, 5.41) is 8.43. The minimum Gasteiger partial charge on any atom is -0.455 e. The summed E-state index contributed by atoms with van der Waals surface area (Å²) in [5.41, 5.74) is 6.56. The van der Waals surface area contributed by atoms with Gasteiger partial charge in [0.15, 0.2) is 0 Å². The Balaban J connectivity index is 1.04. The lowest BCUT2D eigenvalue weighted by molar-refractivity contribution is 0.102. The van der Waals surface area contributed by atoms with Crippen molar-refractivity contribution in [3.8, 4) is 11.3 Å². The molecular weight excluding hydrogens is 514 g/mol. The van der Waals surface area contributed by atoms with Crippen molar-refractivity contribution in [2.24, 2.45) is 0 Å². The average molecular weight is 542 g/mol. The van der Waals surface area contributed by atoms with Gasteiger partial charge in [-0.3, -0.25) is 4.79 Å². The van der Waals surface area contributed by atoms with Crippen molar-refractivity contribution in [1.82, 2.24) is 9.97 Å². The highest BCUT2D eigenvalue weighted by Gasteiger charge is 2.14. The lowest BCUT2D eigenvalue weighted by Crippen LogP contribution is -2.36. The number of aromatic nitrogens is 2. The number of amides is 1. The number of hydrogen-bond acceptors (Lipinski definition) is 7. The highest BCUT2D eigenvalue weighted by atomic mass is 16.5. The topological polar surface area (TPSA) is 92.5 Å². The van der Waals surface area contributed by atoms with Crippen LogP contribution in [0.4, 0.5) is 22.9 Å². The van der Waals surface area contributed by atoms with E-state index in [1.165, 1.54) is 6.33 Å². The van der Waals surface area contributed by atoms with Crippen LogP contribution in [0.25, 0.3) is 33.2 Å². The molecular formula is C33H27N5O3. The molecule has 0 unspecified atom stereocenters. The number of benzene rings is 4. The Morgan fingerprint density at radius 2 is 1.54 bits per heavy atom. The molecule has 41 heavy (non-hydrogen) atoms. The summed E-state index contributed by atoms with van der Waals surface area (Å²) >= 11 is 0. The molecule has 0 aliphatic carbocycles. The third-order valence-electron chi connectivity index (χ3n) is 7.27. The molecule has 1 fully saturated rings. The summed E-state index contributed by atoms with van der Waals surface area (Å²) in [6.07, 6.45) is 1.54. The highest BCUT2D eigenvalue weighted by molar-refractivity contribution is 6.09. The van der Waals surface area contributed by atoms with E-state index in [9.17, 15) is 4.79 Å². The van der Waals surface area contributed by atoms with E-state index in [1.54, 1.807) is 0 Å². The molecule has 3 heterocycles. The van der Waals surface area contributed by atoms with E-state index in [0.717, 1.165) is 70.9 Å². The van der Waals surface area contributed by atoms with Gasteiger partial charge in [-0.25, -0.2) is 9.97 Å². The zero-order valence-corrected chi connectivity index (χ0v) is 22.2. The van der Waals surface area contributed by atoms with Crippen LogP contribution < -0.4 is 15.5 Å². The van der Waals surface area contributed by atoms with Crippen molar-refractivity contribution in [3.05, 3.63) is 109 Å². The number of morpholine rings is 1. The molecule has 1 aliphatic rings. The summed E-state index contributed by atoms with van der Waals surface area (Å²) in [6, 6.07) is 31.2. The first kappa shape index (κ1) is 24.8. The minimum absolute atomic E-state index is 0.153. The Hall–Kier alpha value is -5.21. The van der Waals surface area contributed by atoms with Crippen LogP contribution in [0.1, 0.15) is 10.4 Å². The van der Waals surface area contributed by atoms with Gasteiger partial charge in [0, 0.05) is 58.1 Å². The van der Waals surface area contributed by atoms with Crippen LogP contribution >= 0.6 is 0 Å². The predicted octanol–water partition coefficient (Wildman–Crippen LogP) is 6.88. The fourth-order valence-corrected chi connectivity index (χ4v) is 5.16. The quantitative estimate of drug-likeness (QED) is 0.238. The average Bonchev–Trinajstić information content (AvgIpc) is 3.42. The van der Waals surface area contributed by atoms with Crippen molar-refractivity contribution in [1.29, 1.82) is 0 Å². The standard InChI is InChI=1S/C33H27N5O3/c39-33(22-8-14-25(15-9-22)38-16-18-40-19-17-38)37-24-12-10-23(11-13-24)36-31-20-29(34-21-35-31)28-6-3-5-27-26-4-1-2-7-30(26)41-32(27)28/h1-15,20-21H,16-19H2,(H,37,39)(H,34,35,36). The van der Waals surface area contributed by atoms with Gasteiger partial charge in [-0.2, -0.15) is 0 Å². The summed E-state index contributed by atoms with van der Waals surface area (Å²) < 4.78 is 11.6. The van der Waals surface area contributed by atoms with E-state index in [0.29, 0.717) is 17.1 Å². The van der Waals surface area contributed by atoms with E-state index in [4.69, 9.17) is 9.15 Å². The fraction of sp³-hybridized carbons (Fsp3) is 0.121. The third-order valence-corrected chi connectivity index (χ3v) is 7.27. The third kappa shape index (κ3) is 5.08. The highest BCUT2D eigenvalue weighted by Crippen LogP contribution is 2.35. The normalized spacial score (nSPS) is 13.4. The predicted molar refractivity (Wildman–Crippen MR) is 162 cm³/mol.